The first-order chi connectivity index (χ1) is 11.9. The van der Waals surface area contributed by atoms with Crippen molar-refractivity contribution in [3.05, 3.63) is 18.2 Å². The summed E-state index contributed by atoms with van der Waals surface area (Å²) in [6, 6.07) is 0.729. The van der Waals surface area contributed by atoms with E-state index in [1.165, 1.54) is 0 Å². The highest BCUT2D eigenvalue weighted by molar-refractivity contribution is 7.85. The zero-order valence-corrected chi connectivity index (χ0v) is 17.2. The van der Waals surface area contributed by atoms with Gasteiger partial charge in [-0.2, -0.15) is 8.42 Å². The van der Waals surface area contributed by atoms with E-state index >= 15 is 0 Å². The molecule has 0 atom stereocenters. The molecular weight excluding hydrogens is 364 g/mol. The van der Waals surface area contributed by atoms with Crippen LogP contribution in [0.25, 0.3) is 0 Å². The van der Waals surface area contributed by atoms with E-state index < -0.39 is 18.9 Å². The van der Waals surface area contributed by atoms with Crippen molar-refractivity contribution in [2.45, 2.75) is 52.6 Å². The minimum atomic E-state index is -3.91. The van der Waals surface area contributed by atoms with Gasteiger partial charge in [0.05, 0.1) is 12.3 Å². The molecule has 0 bridgehead atoms. The van der Waals surface area contributed by atoms with E-state index in [9.17, 15) is 8.42 Å². The lowest BCUT2D eigenvalue weighted by Gasteiger charge is -2.28. The molecule has 2 N–H and O–H groups in total. The Bertz CT molecular complexity index is 576. The third-order valence-electron chi connectivity index (χ3n) is 3.64. The number of aromatic amines is 1. The van der Waals surface area contributed by atoms with Gasteiger partial charge in [-0.05, 0) is 27.2 Å². The molecule has 0 unspecified atom stereocenters. The van der Waals surface area contributed by atoms with E-state index in [1.54, 1.807) is 0 Å². The normalized spacial score (nSPS) is 12.6. The van der Waals surface area contributed by atoms with E-state index in [0.717, 1.165) is 24.7 Å². The predicted octanol–water partition coefficient (Wildman–Crippen LogP) is 1.56. The Morgan fingerprint density at radius 1 is 1.12 bits per heavy atom. The molecule has 1 aromatic rings. The molecular formula is C15H31N2O6SSi+. The van der Waals surface area contributed by atoms with E-state index in [1.807, 2.05) is 37.7 Å². The lowest BCUT2D eigenvalue weighted by Crippen LogP contribution is -2.46. The van der Waals surface area contributed by atoms with Crippen LogP contribution in [0.1, 0.15) is 39.4 Å². The summed E-state index contributed by atoms with van der Waals surface area (Å²) in [4.78, 5) is 3.18. The summed E-state index contributed by atoms with van der Waals surface area (Å²) in [6.07, 6.45) is 5.68. The van der Waals surface area contributed by atoms with Crippen molar-refractivity contribution in [1.29, 1.82) is 0 Å². The van der Waals surface area contributed by atoms with Crippen LogP contribution in [0, 0.1) is 0 Å². The lowest BCUT2D eigenvalue weighted by molar-refractivity contribution is -0.702. The molecule has 1 rings (SSSR count). The maximum atomic E-state index is 10.8. The van der Waals surface area contributed by atoms with Gasteiger partial charge in [0.1, 0.15) is 12.4 Å². The van der Waals surface area contributed by atoms with Crippen molar-refractivity contribution < 1.29 is 30.8 Å². The highest BCUT2D eigenvalue weighted by Crippen LogP contribution is 2.19. The molecule has 0 radical (unpaired) electrons. The molecule has 0 fully saturated rings. The van der Waals surface area contributed by atoms with Crippen molar-refractivity contribution >= 4 is 18.9 Å². The number of rotatable bonds is 14. The Hall–Kier alpha value is -0.783. The molecule has 1 aromatic heterocycles. The van der Waals surface area contributed by atoms with Gasteiger partial charge in [-0.3, -0.25) is 4.55 Å². The lowest BCUT2D eigenvalue weighted by atomic mass is 10.3. The Balaban J connectivity index is 2.57. The summed E-state index contributed by atoms with van der Waals surface area (Å²) in [5.74, 6) is 0.766. The first-order valence-corrected chi connectivity index (χ1v) is 12.3. The molecule has 0 aliphatic heterocycles. The largest absolute Gasteiger partial charge is 0.500 e. The number of nitrogens with zero attached hydrogens (tertiary/aromatic N) is 1. The second-order valence-corrected chi connectivity index (χ2v) is 9.88. The zero-order chi connectivity index (χ0) is 18.8. The van der Waals surface area contributed by atoms with Crippen LogP contribution in [-0.2, 0) is 36.4 Å². The third kappa shape index (κ3) is 8.43. The molecule has 0 saturated carbocycles. The van der Waals surface area contributed by atoms with Gasteiger partial charge in [0, 0.05) is 38.7 Å². The van der Waals surface area contributed by atoms with Gasteiger partial charge < -0.3 is 13.3 Å². The number of aromatic nitrogens is 2. The number of nitrogens with one attached hydrogen (secondary N) is 1. The van der Waals surface area contributed by atoms with Crippen LogP contribution in [0.15, 0.2) is 12.4 Å². The Morgan fingerprint density at radius 2 is 1.72 bits per heavy atom. The summed E-state index contributed by atoms with van der Waals surface area (Å²) in [5.41, 5.74) is 0. The summed E-state index contributed by atoms with van der Waals surface area (Å²) in [5, 5.41) is 0. The molecule has 0 aliphatic carbocycles. The van der Waals surface area contributed by atoms with Gasteiger partial charge in [-0.1, -0.05) is 0 Å². The number of hydrogen-bond donors (Lipinski definition) is 2. The fourth-order valence-corrected chi connectivity index (χ4v) is 5.82. The second-order valence-electron chi connectivity index (χ2n) is 5.58. The highest BCUT2D eigenvalue weighted by atomic mass is 32.2. The Labute approximate surface area is 151 Å². The fourth-order valence-electron chi connectivity index (χ4n) is 2.71. The van der Waals surface area contributed by atoms with Gasteiger partial charge in [-0.25, -0.2) is 9.55 Å². The van der Waals surface area contributed by atoms with Gasteiger partial charge in [-0.15, -0.1) is 0 Å². The van der Waals surface area contributed by atoms with Gasteiger partial charge in [0.15, 0.2) is 0 Å². The van der Waals surface area contributed by atoms with E-state index in [0.29, 0.717) is 32.8 Å². The quantitative estimate of drug-likeness (QED) is 0.282. The number of H-pyrrole nitrogens is 1. The Kier molecular flexibility index (Phi) is 9.83. The topological polar surface area (TPSA) is 102 Å². The monoisotopic (exact) mass is 395 g/mol. The summed E-state index contributed by atoms with van der Waals surface area (Å²) < 4.78 is 49.9. The van der Waals surface area contributed by atoms with Crippen molar-refractivity contribution in [3.63, 3.8) is 0 Å². The highest BCUT2D eigenvalue weighted by Gasteiger charge is 2.39. The van der Waals surface area contributed by atoms with Crippen LogP contribution in [0.5, 0.6) is 0 Å². The molecule has 0 saturated heterocycles. The predicted molar refractivity (Wildman–Crippen MR) is 95.8 cm³/mol. The average molecular weight is 396 g/mol. The van der Waals surface area contributed by atoms with Gasteiger partial charge in [0.2, 0.25) is 0 Å². The molecule has 0 amide bonds. The van der Waals surface area contributed by atoms with Crippen LogP contribution in [0.4, 0.5) is 0 Å². The fraction of sp³-hybridized carbons (Fsp3) is 0.800. The number of imidazole rings is 1. The molecule has 0 aliphatic rings. The van der Waals surface area contributed by atoms with E-state index in [2.05, 4.69) is 4.98 Å². The molecule has 25 heavy (non-hydrogen) atoms. The van der Waals surface area contributed by atoms with Crippen molar-refractivity contribution in [3.8, 4) is 0 Å². The van der Waals surface area contributed by atoms with Gasteiger partial charge in [0.25, 0.3) is 15.9 Å². The van der Waals surface area contributed by atoms with Crippen LogP contribution >= 0.6 is 0 Å². The number of hydrogen-bond acceptors (Lipinski definition) is 5. The van der Waals surface area contributed by atoms with Crippen LogP contribution in [0.3, 0.4) is 0 Å². The smallest absolute Gasteiger partial charge is 0.374 e. The standard InChI is InChI=1S/C15H30N2O6SSi/c1-4-21-25(22-5-2,23-6-3)14-7-9-15-16-10-12-17(15)11-8-13-24(18,19)20/h10,12H,4-9,11,13-14H2,1-3H3,(H,18,19,20)/p+1. The van der Waals surface area contributed by atoms with Gasteiger partial charge >= 0.3 is 8.80 Å². The summed E-state index contributed by atoms with van der Waals surface area (Å²) >= 11 is 0. The second kappa shape index (κ2) is 11.0. The average Bonchev–Trinajstić information content (AvgIpc) is 2.94. The first kappa shape index (κ1) is 22.3. The summed E-state index contributed by atoms with van der Waals surface area (Å²) in [6.45, 7) is 8.03. The molecule has 8 nitrogen and oxygen atoms in total. The number of aryl methyl sites for hydroxylation is 2. The first-order valence-electron chi connectivity index (χ1n) is 8.78. The van der Waals surface area contributed by atoms with Crippen LogP contribution in [0.2, 0.25) is 6.04 Å². The van der Waals surface area contributed by atoms with Crippen molar-refractivity contribution in [2.24, 2.45) is 0 Å². The van der Waals surface area contributed by atoms with Crippen molar-refractivity contribution in [2.75, 3.05) is 25.6 Å². The maximum absolute atomic E-state index is 10.8. The van der Waals surface area contributed by atoms with E-state index in [-0.39, 0.29) is 5.75 Å². The van der Waals surface area contributed by atoms with Crippen molar-refractivity contribution in [1.82, 2.24) is 4.98 Å². The zero-order valence-electron chi connectivity index (χ0n) is 15.4. The molecule has 0 aromatic carbocycles. The third-order valence-corrected chi connectivity index (χ3v) is 7.60. The Morgan fingerprint density at radius 3 is 2.24 bits per heavy atom. The SMILES string of the molecule is CCO[Si](CCCc1[nH]cc[n+]1CCCS(=O)(=O)O)(OCC)OCC. The minimum absolute atomic E-state index is 0.236. The molecule has 1 heterocycles. The van der Waals surface area contributed by atoms with E-state index in [4.69, 9.17) is 17.8 Å². The summed E-state index contributed by atoms with van der Waals surface area (Å²) in [7, 11) is -6.55. The molecule has 10 heteroatoms. The minimum Gasteiger partial charge on any atom is -0.374 e. The molecule has 146 valence electrons. The van der Waals surface area contributed by atoms with Crippen LogP contribution in [-0.4, -0.2) is 52.3 Å². The maximum Gasteiger partial charge on any atom is 0.500 e. The molecule has 0 spiro atoms. The van der Waals surface area contributed by atoms with Crippen LogP contribution < -0.4 is 4.57 Å².